The van der Waals surface area contributed by atoms with Gasteiger partial charge in [-0.2, -0.15) is 0 Å². The molecule has 0 aromatic heterocycles. The maximum absolute atomic E-state index is 12.2. The molecule has 0 fully saturated rings. The molecule has 0 bridgehead atoms. The highest BCUT2D eigenvalue weighted by Gasteiger charge is 2.08. The highest BCUT2D eigenvalue weighted by molar-refractivity contribution is 9.10. The predicted octanol–water partition coefficient (Wildman–Crippen LogP) is 5.04. The predicted molar refractivity (Wildman–Crippen MR) is 86.9 cm³/mol. The van der Waals surface area contributed by atoms with Crippen LogP contribution < -0.4 is 5.32 Å². The summed E-state index contributed by atoms with van der Waals surface area (Å²) < 4.78 is 1.03. The van der Waals surface area contributed by atoms with Gasteiger partial charge in [-0.3, -0.25) is 4.79 Å². The van der Waals surface area contributed by atoms with Crippen LogP contribution in [0.2, 0.25) is 0 Å². The molecule has 0 amide bonds. The molecule has 0 saturated carbocycles. The van der Waals surface area contributed by atoms with E-state index in [1.165, 1.54) is 0 Å². The maximum Gasteiger partial charge on any atom is 0.168 e. The van der Waals surface area contributed by atoms with Crippen molar-refractivity contribution in [3.8, 4) is 0 Å². The van der Waals surface area contributed by atoms with Crippen LogP contribution in [0.1, 0.15) is 23.7 Å². The fourth-order valence-electron chi connectivity index (χ4n) is 1.84. The van der Waals surface area contributed by atoms with Gasteiger partial charge in [0, 0.05) is 21.4 Å². The van der Waals surface area contributed by atoms with Gasteiger partial charge in [0.1, 0.15) is 0 Å². The Kier molecular flexibility index (Phi) is 5.13. The molecule has 1 N–H and O–H groups in total. The molecular formula is C17H16BrNO. The van der Waals surface area contributed by atoms with Gasteiger partial charge in [0.15, 0.2) is 5.78 Å². The van der Waals surface area contributed by atoms with Crippen LogP contribution in [-0.2, 0) is 0 Å². The molecule has 0 aliphatic rings. The summed E-state index contributed by atoms with van der Waals surface area (Å²) in [5.41, 5.74) is 2.62. The van der Waals surface area contributed by atoms with Crippen molar-refractivity contribution in [2.24, 2.45) is 0 Å². The number of benzene rings is 2. The van der Waals surface area contributed by atoms with Crippen molar-refractivity contribution in [3.05, 3.63) is 76.4 Å². The third-order valence-electron chi connectivity index (χ3n) is 2.94. The molecule has 0 aliphatic carbocycles. The number of hydrogen-bond donors (Lipinski definition) is 1. The fraction of sp³-hybridized carbons (Fsp3) is 0.118. The molecule has 0 spiro atoms. The van der Waals surface area contributed by atoms with E-state index in [-0.39, 0.29) is 5.78 Å². The third-order valence-corrected chi connectivity index (χ3v) is 3.47. The van der Waals surface area contributed by atoms with Crippen LogP contribution in [0, 0.1) is 0 Å². The van der Waals surface area contributed by atoms with E-state index in [9.17, 15) is 4.79 Å². The van der Waals surface area contributed by atoms with Crippen LogP contribution in [0.25, 0.3) is 0 Å². The first kappa shape index (κ1) is 14.5. The van der Waals surface area contributed by atoms with Gasteiger partial charge in [-0.05, 0) is 31.2 Å². The van der Waals surface area contributed by atoms with E-state index in [1.54, 1.807) is 0 Å². The summed E-state index contributed by atoms with van der Waals surface area (Å²) in [6, 6.07) is 17.2. The summed E-state index contributed by atoms with van der Waals surface area (Å²) in [7, 11) is 0. The van der Waals surface area contributed by atoms with Crippen molar-refractivity contribution in [1.29, 1.82) is 0 Å². The van der Waals surface area contributed by atoms with Crippen LogP contribution in [0.4, 0.5) is 5.69 Å². The van der Waals surface area contributed by atoms with E-state index in [0.29, 0.717) is 6.42 Å². The Bertz CT molecular complexity index is 603. The van der Waals surface area contributed by atoms with Crippen LogP contribution in [0.15, 0.2) is 70.8 Å². The normalized spacial score (nSPS) is 11.2. The Morgan fingerprint density at radius 2 is 1.75 bits per heavy atom. The summed E-state index contributed by atoms with van der Waals surface area (Å²) >= 11 is 3.40. The van der Waals surface area contributed by atoms with E-state index in [2.05, 4.69) is 21.2 Å². The molecule has 2 rings (SSSR count). The average Bonchev–Trinajstić information content (AvgIpc) is 2.49. The summed E-state index contributed by atoms with van der Waals surface area (Å²) in [6.07, 6.45) is 2.31. The number of rotatable bonds is 5. The van der Waals surface area contributed by atoms with Gasteiger partial charge in [-0.1, -0.05) is 52.3 Å². The molecule has 0 saturated heterocycles. The topological polar surface area (TPSA) is 29.1 Å². The molecule has 0 heterocycles. The Morgan fingerprint density at radius 3 is 2.35 bits per heavy atom. The van der Waals surface area contributed by atoms with Crippen molar-refractivity contribution in [1.82, 2.24) is 0 Å². The first-order valence-electron chi connectivity index (χ1n) is 6.45. The van der Waals surface area contributed by atoms with Gasteiger partial charge >= 0.3 is 0 Å². The zero-order valence-corrected chi connectivity index (χ0v) is 12.9. The van der Waals surface area contributed by atoms with Gasteiger partial charge in [0.05, 0.1) is 6.42 Å². The Morgan fingerprint density at radius 1 is 1.10 bits per heavy atom. The molecule has 0 unspecified atom stereocenters. The zero-order valence-electron chi connectivity index (χ0n) is 11.3. The Labute approximate surface area is 127 Å². The smallest absolute Gasteiger partial charge is 0.168 e. The molecule has 2 nitrogen and oxygen atoms in total. The zero-order chi connectivity index (χ0) is 14.4. The Balaban J connectivity index is 2.03. The second kappa shape index (κ2) is 7.06. The number of nitrogens with one attached hydrogen (secondary N) is 1. The number of Topliss-reactive ketones (excluding diaryl/α,β-unsaturated/α-hetero) is 1. The average molecular weight is 330 g/mol. The lowest BCUT2D eigenvalue weighted by Gasteiger charge is -2.10. The van der Waals surface area contributed by atoms with Crippen molar-refractivity contribution < 1.29 is 4.79 Å². The molecule has 0 aliphatic heterocycles. The lowest BCUT2D eigenvalue weighted by molar-refractivity contribution is 0.0993. The van der Waals surface area contributed by atoms with Crippen LogP contribution in [-0.4, -0.2) is 5.78 Å². The van der Waals surface area contributed by atoms with Crippen LogP contribution in [0.5, 0.6) is 0 Å². The molecule has 2 aromatic rings. The van der Waals surface area contributed by atoms with E-state index in [1.807, 2.05) is 67.6 Å². The van der Waals surface area contributed by atoms with Gasteiger partial charge in [-0.15, -0.1) is 0 Å². The van der Waals surface area contributed by atoms with Gasteiger partial charge < -0.3 is 5.32 Å². The number of halogens is 1. The lowest BCUT2D eigenvalue weighted by Crippen LogP contribution is -2.07. The molecule has 20 heavy (non-hydrogen) atoms. The number of hydrogen-bond acceptors (Lipinski definition) is 2. The van der Waals surface area contributed by atoms with Crippen molar-refractivity contribution >= 4 is 27.4 Å². The van der Waals surface area contributed by atoms with Gasteiger partial charge in [-0.25, -0.2) is 0 Å². The number of carbonyl (C=O) groups is 1. The fourth-order valence-corrected chi connectivity index (χ4v) is 2.10. The van der Waals surface area contributed by atoms with Gasteiger partial charge in [0.2, 0.25) is 0 Å². The number of carbonyl (C=O) groups excluding carboxylic acids is 1. The highest BCUT2D eigenvalue weighted by atomic mass is 79.9. The molecule has 3 heteroatoms. The standard InChI is InChI=1S/C17H16BrNO/c1-2-15(19-16-10-8-14(18)9-11-16)12-17(20)13-6-4-3-5-7-13/h2-11,19H,12H2,1H3/b15-2+. The molecule has 0 atom stereocenters. The lowest BCUT2D eigenvalue weighted by atomic mass is 10.1. The SMILES string of the molecule is C/C=C(\CC(=O)c1ccccc1)Nc1ccc(Br)cc1. The van der Waals surface area contributed by atoms with Gasteiger partial charge in [0.25, 0.3) is 0 Å². The molecular weight excluding hydrogens is 314 g/mol. The summed E-state index contributed by atoms with van der Waals surface area (Å²) in [6.45, 7) is 1.93. The largest absolute Gasteiger partial charge is 0.359 e. The second-order valence-corrected chi connectivity index (χ2v) is 5.33. The summed E-state index contributed by atoms with van der Waals surface area (Å²) in [4.78, 5) is 12.2. The highest BCUT2D eigenvalue weighted by Crippen LogP contribution is 2.17. The molecule has 102 valence electrons. The van der Waals surface area contributed by atoms with Crippen molar-refractivity contribution in [3.63, 3.8) is 0 Å². The number of anilines is 1. The first-order chi connectivity index (χ1) is 9.69. The van der Waals surface area contributed by atoms with Crippen LogP contribution in [0.3, 0.4) is 0 Å². The maximum atomic E-state index is 12.2. The van der Waals surface area contributed by atoms with Crippen molar-refractivity contribution in [2.75, 3.05) is 5.32 Å². The van der Waals surface area contributed by atoms with Crippen LogP contribution >= 0.6 is 15.9 Å². The monoisotopic (exact) mass is 329 g/mol. The van der Waals surface area contributed by atoms with Crippen molar-refractivity contribution in [2.45, 2.75) is 13.3 Å². The minimum Gasteiger partial charge on any atom is -0.359 e. The van der Waals surface area contributed by atoms with E-state index in [0.717, 1.165) is 21.4 Å². The summed E-state index contributed by atoms with van der Waals surface area (Å²) in [5.74, 6) is 0.114. The van der Waals surface area contributed by atoms with E-state index >= 15 is 0 Å². The van der Waals surface area contributed by atoms with E-state index < -0.39 is 0 Å². The minimum atomic E-state index is 0.114. The van der Waals surface area contributed by atoms with E-state index in [4.69, 9.17) is 0 Å². The summed E-state index contributed by atoms with van der Waals surface area (Å²) in [5, 5.41) is 3.28. The third kappa shape index (κ3) is 4.07. The second-order valence-electron chi connectivity index (χ2n) is 4.41. The number of allylic oxidation sites excluding steroid dienone is 2. The Hall–Kier alpha value is -1.87. The number of ketones is 1. The minimum absolute atomic E-state index is 0.114. The quantitative estimate of drug-likeness (QED) is 0.779. The first-order valence-corrected chi connectivity index (χ1v) is 7.24. The molecule has 2 aromatic carbocycles. The molecule has 0 radical (unpaired) electrons.